The number of fused-ring (bicyclic) bond motifs is 1. The van der Waals surface area contributed by atoms with Gasteiger partial charge in [0.25, 0.3) is 0 Å². The van der Waals surface area contributed by atoms with E-state index in [-0.39, 0.29) is 12.4 Å². The number of imidazole rings is 1. The molecule has 27 heavy (non-hydrogen) atoms. The van der Waals surface area contributed by atoms with Gasteiger partial charge < -0.3 is 15.5 Å². The highest BCUT2D eigenvalue weighted by Gasteiger charge is 2.11. The molecule has 0 fully saturated rings. The van der Waals surface area contributed by atoms with E-state index in [9.17, 15) is 5.11 Å². The van der Waals surface area contributed by atoms with Crippen LogP contribution in [0.2, 0.25) is 0 Å². The summed E-state index contributed by atoms with van der Waals surface area (Å²) in [6.45, 7) is 0.478. The van der Waals surface area contributed by atoms with Gasteiger partial charge in [-0.25, -0.2) is 19.5 Å². The van der Waals surface area contributed by atoms with E-state index in [1.54, 1.807) is 22.8 Å². The minimum Gasteiger partial charge on any atom is -0.508 e. The number of aromatic nitrogens is 5. The number of phenols is 1. The highest BCUT2D eigenvalue weighted by atomic mass is 16.3. The zero-order chi connectivity index (χ0) is 18.6. The van der Waals surface area contributed by atoms with Crippen LogP contribution in [0.1, 0.15) is 11.3 Å². The number of aliphatic hydroxyl groups is 1. The van der Waals surface area contributed by atoms with Gasteiger partial charge in [0.1, 0.15) is 23.6 Å². The van der Waals surface area contributed by atoms with Crippen molar-refractivity contribution in [3.8, 4) is 17.1 Å². The van der Waals surface area contributed by atoms with Crippen LogP contribution in [0.5, 0.6) is 5.75 Å². The lowest BCUT2D eigenvalue weighted by atomic mass is 10.2. The van der Waals surface area contributed by atoms with E-state index in [1.165, 1.54) is 6.33 Å². The van der Waals surface area contributed by atoms with Crippen LogP contribution in [-0.2, 0) is 13.0 Å². The fourth-order valence-electron chi connectivity index (χ4n) is 2.78. The molecule has 0 atom stereocenters. The number of anilines is 1. The first-order chi connectivity index (χ1) is 13.2. The molecule has 4 aromatic rings. The molecule has 3 aromatic heterocycles. The lowest BCUT2D eigenvalue weighted by Crippen LogP contribution is -2.05. The van der Waals surface area contributed by atoms with E-state index in [0.717, 1.165) is 17.0 Å². The van der Waals surface area contributed by atoms with Crippen molar-refractivity contribution in [2.24, 2.45) is 0 Å². The van der Waals surface area contributed by atoms with Crippen LogP contribution in [0.15, 0.2) is 55.0 Å². The Kier molecular flexibility index (Phi) is 4.63. The van der Waals surface area contributed by atoms with Crippen LogP contribution >= 0.6 is 0 Å². The highest BCUT2D eigenvalue weighted by Crippen LogP contribution is 2.20. The second kappa shape index (κ2) is 7.38. The summed E-state index contributed by atoms with van der Waals surface area (Å²) in [5, 5.41) is 26.8. The molecule has 4 rings (SSSR count). The largest absolute Gasteiger partial charge is 0.508 e. The predicted octanol–water partition coefficient (Wildman–Crippen LogP) is 2.04. The maximum Gasteiger partial charge on any atom is 0.154 e. The third-order valence-corrected chi connectivity index (χ3v) is 4.17. The smallest absolute Gasteiger partial charge is 0.154 e. The van der Waals surface area contributed by atoms with E-state index < -0.39 is 0 Å². The number of nitrogens with one attached hydrogen (secondary N) is 1. The molecular weight excluding hydrogens is 344 g/mol. The second-order valence-corrected chi connectivity index (χ2v) is 5.98. The quantitative estimate of drug-likeness (QED) is 0.482. The van der Waals surface area contributed by atoms with Gasteiger partial charge in [0.2, 0.25) is 0 Å². The average Bonchev–Trinajstić information content (AvgIpc) is 3.11. The summed E-state index contributed by atoms with van der Waals surface area (Å²) >= 11 is 0. The van der Waals surface area contributed by atoms with Crippen molar-refractivity contribution in [2.75, 3.05) is 11.9 Å². The van der Waals surface area contributed by atoms with Crippen molar-refractivity contribution in [3.05, 3.63) is 66.2 Å². The molecule has 0 saturated heterocycles. The Morgan fingerprint density at radius 2 is 1.93 bits per heavy atom. The summed E-state index contributed by atoms with van der Waals surface area (Å²) in [6.07, 6.45) is 3.65. The van der Waals surface area contributed by atoms with E-state index in [4.69, 9.17) is 5.11 Å². The molecule has 1 aromatic carbocycles. The minimum absolute atomic E-state index is 0.0300. The molecule has 8 heteroatoms. The van der Waals surface area contributed by atoms with Gasteiger partial charge in [-0.2, -0.15) is 0 Å². The fraction of sp³-hybridized carbons (Fsp3) is 0.158. The number of aromatic hydroxyl groups is 1. The average molecular weight is 362 g/mol. The number of hydrogen-bond donors (Lipinski definition) is 3. The number of para-hydroxylation sites is 1. The summed E-state index contributed by atoms with van der Waals surface area (Å²) in [7, 11) is 0. The molecule has 0 aliphatic carbocycles. The highest BCUT2D eigenvalue weighted by molar-refractivity contribution is 5.60. The maximum atomic E-state index is 9.88. The van der Waals surface area contributed by atoms with Gasteiger partial charge >= 0.3 is 0 Å². The lowest BCUT2D eigenvalue weighted by molar-refractivity contribution is 0.298. The molecule has 0 aliphatic rings. The Labute approximate surface area is 155 Å². The molecule has 0 amide bonds. The fourth-order valence-corrected chi connectivity index (χ4v) is 2.78. The Hall–Kier alpha value is -3.52. The third kappa shape index (κ3) is 3.56. The van der Waals surface area contributed by atoms with Gasteiger partial charge in [-0.1, -0.05) is 18.2 Å². The molecule has 0 radical (unpaired) electrons. The number of benzene rings is 1. The first-order valence-corrected chi connectivity index (χ1v) is 8.52. The molecular formula is C19H18N6O2. The summed E-state index contributed by atoms with van der Waals surface area (Å²) in [6, 6.07) is 12.7. The Balaban J connectivity index is 1.63. The molecule has 3 heterocycles. The zero-order valence-corrected chi connectivity index (χ0v) is 14.4. The standard InChI is InChI=1S/C19H18N6O2/c26-8-7-14-9-15(23-12-22-14)16-11-21-19-6-5-18(24-25(16)19)20-10-13-3-1-2-4-17(13)27/h1-6,9,11-12,26-27H,7-8,10H2,(H,20,24). The normalized spacial score (nSPS) is 11.0. The van der Waals surface area contributed by atoms with E-state index >= 15 is 0 Å². The van der Waals surface area contributed by atoms with Crippen LogP contribution < -0.4 is 5.32 Å². The molecule has 8 nitrogen and oxygen atoms in total. The summed E-state index contributed by atoms with van der Waals surface area (Å²) < 4.78 is 1.71. The van der Waals surface area contributed by atoms with Crippen LogP contribution in [0, 0.1) is 0 Å². The van der Waals surface area contributed by atoms with E-state index in [1.807, 2.05) is 30.3 Å². The van der Waals surface area contributed by atoms with E-state index in [2.05, 4.69) is 25.4 Å². The Morgan fingerprint density at radius 1 is 1.04 bits per heavy atom. The molecule has 0 aliphatic heterocycles. The topological polar surface area (TPSA) is 108 Å². The number of nitrogens with zero attached hydrogens (tertiary/aromatic N) is 5. The van der Waals surface area contributed by atoms with Crippen LogP contribution in [0.25, 0.3) is 17.0 Å². The zero-order valence-electron chi connectivity index (χ0n) is 14.4. The van der Waals surface area contributed by atoms with Crippen LogP contribution in [-0.4, -0.2) is 41.4 Å². The van der Waals surface area contributed by atoms with Gasteiger partial charge in [-0.3, -0.25) is 0 Å². The summed E-state index contributed by atoms with van der Waals surface area (Å²) in [5.41, 5.74) is 3.66. The summed E-state index contributed by atoms with van der Waals surface area (Å²) in [5.74, 6) is 0.890. The van der Waals surface area contributed by atoms with Gasteiger partial charge in [-0.05, 0) is 24.3 Å². The monoisotopic (exact) mass is 362 g/mol. The molecule has 0 unspecified atom stereocenters. The number of phenolic OH excluding ortho intramolecular Hbond substituents is 1. The maximum absolute atomic E-state index is 9.88. The van der Waals surface area contributed by atoms with Gasteiger partial charge in [0, 0.05) is 30.8 Å². The first-order valence-electron chi connectivity index (χ1n) is 8.52. The minimum atomic E-state index is 0.0300. The van der Waals surface area contributed by atoms with Crippen molar-refractivity contribution < 1.29 is 10.2 Å². The number of rotatable bonds is 6. The van der Waals surface area contributed by atoms with Crippen molar-refractivity contribution in [3.63, 3.8) is 0 Å². The lowest BCUT2D eigenvalue weighted by Gasteiger charge is -2.08. The molecule has 0 bridgehead atoms. The van der Waals surface area contributed by atoms with Crippen LogP contribution in [0.4, 0.5) is 5.82 Å². The predicted molar refractivity (Wildman–Crippen MR) is 100 cm³/mol. The summed E-state index contributed by atoms with van der Waals surface area (Å²) in [4.78, 5) is 12.8. The van der Waals surface area contributed by atoms with Gasteiger partial charge in [-0.15, -0.1) is 5.10 Å². The Bertz CT molecular complexity index is 1080. The van der Waals surface area contributed by atoms with Gasteiger partial charge in [0.05, 0.1) is 11.9 Å². The van der Waals surface area contributed by atoms with Crippen molar-refractivity contribution in [1.82, 2.24) is 24.6 Å². The van der Waals surface area contributed by atoms with Crippen molar-refractivity contribution in [2.45, 2.75) is 13.0 Å². The van der Waals surface area contributed by atoms with Crippen molar-refractivity contribution in [1.29, 1.82) is 0 Å². The Morgan fingerprint density at radius 3 is 2.78 bits per heavy atom. The third-order valence-electron chi connectivity index (χ3n) is 4.17. The van der Waals surface area contributed by atoms with Crippen molar-refractivity contribution >= 4 is 11.5 Å². The molecule has 0 spiro atoms. The second-order valence-electron chi connectivity index (χ2n) is 5.98. The SMILES string of the molecule is OCCc1cc(-c2cnc3ccc(NCc4ccccc4O)nn23)ncn1. The molecule has 0 saturated carbocycles. The number of hydrogen-bond acceptors (Lipinski definition) is 7. The number of aliphatic hydroxyl groups excluding tert-OH is 1. The van der Waals surface area contributed by atoms with Crippen LogP contribution in [0.3, 0.4) is 0 Å². The molecule has 136 valence electrons. The first kappa shape index (κ1) is 16.9. The van der Waals surface area contributed by atoms with E-state index in [0.29, 0.717) is 30.1 Å². The molecule has 3 N–H and O–H groups in total. The van der Waals surface area contributed by atoms with Gasteiger partial charge in [0.15, 0.2) is 5.65 Å².